The number of anilines is 3. The van der Waals surface area contributed by atoms with E-state index in [1.54, 1.807) is 38.4 Å². The van der Waals surface area contributed by atoms with E-state index in [-0.39, 0.29) is 5.54 Å². The average molecular weight is 511 g/mol. The number of fused-ring (bicyclic) bond motifs is 1. The van der Waals surface area contributed by atoms with Gasteiger partial charge in [0.1, 0.15) is 18.5 Å². The number of benzene rings is 2. The summed E-state index contributed by atoms with van der Waals surface area (Å²) >= 11 is 6.45. The Hall–Kier alpha value is -3.73. The van der Waals surface area contributed by atoms with Crippen molar-refractivity contribution in [1.29, 1.82) is 0 Å². The molecule has 11 heteroatoms. The number of nitrogens with one attached hydrogen (secondary N) is 4. The van der Waals surface area contributed by atoms with Crippen molar-refractivity contribution in [2.24, 2.45) is 5.73 Å². The van der Waals surface area contributed by atoms with Gasteiger partial charge < -0.3 is 36.0 Å². The molecule has 2 aliphatic rings. The Morgan fingerprint density at radius 3 is 2.78 bits per heavy atom. The third-order valence-corrected chi connectivity index (χ3v) is 6.28. The smallest absolute Gasteiger partial charge is 0.320 e. The fourth-order valence-corrected chi connectivity index (χ4v) is 3.97. The molecule has 0 bridgehead atoms. The zero-order valence-corrected chi connectivity index (χ0v) is 20.6. The van der Waals surface area contributed by atoms with Crippen molar-refractivity contribution in [3.8, 4) is 11.5 Å². The minimum Gasteiger partial charge on any atom is -0.493 e. The fraction of sp³-hybridized carbons (Fsp3) is 0.280. The Kier molecular flexibility index (Phi) is 6.48. The van der Waals surface area contributed by atoms with Gasteiger partial charge >= 0.3 is 6.03 Å². The van der Waals surface area contributed by atoms with Gasteiger partial charge in [-0.15, -0.1) is 5.48 Å². The Morgan fingerprint density at radius 1 is 1.25 bits per heavy atom. The van der Waals surface area contributed by atoms with Crippen molar-refractivity contribution in [3.05, 3.63) is 59.5 Å². The predicted molar refractivity (Wildman–Crippen MR) is 139 cm³/mol. The Balaban J connectivity index is 1.31. The number of nitrogens with two attached hydrogens (primary N) is 1. The summed E-state index contributed by atoms with van der Waals surface area (Å²) in [4.78, 5) is 21.9. The number of aromatic nitrogens is 1. The molecule has 2 heterocycles. The highest BCUT2D eigenvalue weighted by molar-refractivity contribution is 6.34. The summed E-state index contributed by atoms with van der Waals surface area (Å²) in [5, 5.41) is 10.0. The number of amides is 2. The number of carbonyl (C=O) groups excluding carboxylic acids is 1. The van der Waals surface area contributed by atoms with Crippen LogP contribution < -0.4 is 36.6 Å². The number of halogens is 1. The molecule has 2 amide bonds. The highest BCUT2D eigenvalue weighted by Crippen LogP contribution is 2.38. The van der Waals surface area contributed by atoms with Gasteiger partial charge in [-0.25, -0.2) is 4.79 Å². The standard InChI is InChI=1S/C25H27ClN6O4/c1-14-9-23(32-36-14)31-24(33)30-19-4-3-15(10-17(19)26)29-18-5-8-28-20-12-22(21(34-2)11-16(18)20)35-13-25(27)6-7-25/h3-5,8-12,23,32H,6-7,13,27H2,1-2H3,(H,28,29)(H2,30,31,33). The summed E-state index contributed by atoms with van der Waals surface area (Å²) in [5.41, 5.74) is 11.4. The molecular weight excluding hydrogens is 484 g/mol. The molecule has 1 fully saturated rings. The average Bonchev–Trinajstić information content (AvgIpc) is 3.46. The van der Waals surface area contributed by atoms with Crippen LogP contribution >= 0.6 is 11.6 Å². The summed E-state index contributed by atoms with van der Waals surface area (Å²) < 4.78 is 11.5. The van der Waals surface area contributed by atoms with Gasteiger partial charge in [-0.3, -0.25) is 4.98 Å². The minimum atomic E-state index is -0.419. The summed E-state index contributed by atoms with van der Waals surface area (Å²) in [6.07, 6.45) is 4.96. The first-order chi connectivity index (χ1) is 17.3. The van der Waals surface area contributed by atoms with E-state index in [4.69, 9.17) is 31.6 Å². The normalized spacial score (nSPS) is 17.7. The Morgan fingerprint density at radius 2 is 2.08 bits per heavy atom. The fourth-order valence-electron chi connectivity index (χ4n) is 3.74. The van der Waals surface area contributed by atoms with Crippen LogP contribution in [0.15, 0.2) is 54.4 Å². The van der Waals surface area contributed by atoms with Gasteiger partial charge in [-0.05, 0) is 56.2 Å². The first kappa shape index (κ1) is 24.0. The number of carbonyl (C=O) groups is 1. The lowest BCUT2D eigenvalue weighted by atomic mass is 10.1. The number of urea groups is 1. The first-order valence-corrected chi connectivity index (χ1v) is 11.8. The molecule has 1 aromatic heterocycles. The lowest BCUT2D eigenvalue weighted by molar-refractivity contribution is 0.111. The molecule has 1 saturated carbocycles. The van der Waals surface area contributed by atoms with E-state index in [0.29, 0.717) is 34.6 Å². The van der Waals surface area contributed by atoms with Gasteiger partial charge in [0.15, 0.2) is 11.5 Å². The summed E-state index contributed by atoms with van der Waals surface area (Å²) in [5.74, 6) is 1.88. The van der Waals surface area contributed by atoms with Crippen molar-refractivity contribution >= 4 is 45.6 Å². The number of nitrogens with zero attached hydrogens (tertiary/aromatic N) is 1. The van der Waals surface area contributed by atoms with E-state index in [0.717, 1.165) is 35.1 Å². The van der Waals surface area contributed by atoms with Gasteiger partial charge in [0.25, 0.3) is 0 Å². The number of hydrogen-bond donors (Lipinski definition) is 5. The maximum atomic E-state index is 12.3. The molecule has 1 atom stereocenters. The summed E-state index contributed by atoms with van der Waals surface area (Å²) in [7, 11) is 1.60. The second kappa shape index (κ2) is 9.73. The molecule has 36 heavy (non-hydrogen) atoms. The van der Waals surface area contributed by atoms with Crippen LogP contribution in [0.5, 0.6) is 11.5 Å². The molecule has 10 nitrogen and oxygen atoms in total. The first-order valence-electron chi connectivity index (χ1n) is 11.5. The number of allylic oxidation sites excluding steroid dienone is 1. The number of hydroxylamine groups is 1. The van der Waals surface area contributed by atoms with Crippen molar-refractivity contribution in [1.82, 2.24) is 15.8 Å². The molecular formula is C25H27ClN6O4. The van der Waals surface area contributed by atoms with Crippen molar-refractivity contribution in [2.45, 2.75) is 31.5 Å². The third-order valence-electron chi connectivity index (χ3n) is 5.97. The van der Waals surface area contributed by atoms with Crippen LogP contribution in [-0.2, 0) is 4.84 Å². The molecule has 2 aromatic carbocycles. The van der Waals surface area contributed by atoms with Crippen molar-refractivity contribution < 1.29 is 19.1 Å². The quantitative estimate of drug-likeness (QED) is 0.301. The van der Waals surface area contributed by atoms with Crippen LogP contribution in [0.2, 0.25) is 5.02 Å². The molecule has 1 unspecified atom stereocenters. The molecule has 3 aromatic rings. The number of methoxy groups -OCH3 is 1. The summed E-state index contributed by atoms with van der Waals surface area (Å²) in [6, 6.07) is 10.5. The van der Waals surface area contributed by atoms with Crippen LogP contribution in [0, 0.1) is 0 Å². The van der Waals surface area contributed by atoms with E-state index in [1.165, 1.54) is 0 Å². The Labute approximate surface area is 213 Å². The maximum Gasteiger partial charge on any atom is 0.320 e. The lowest BCUT2D eigenvalue weighted by Crippen LogP contribution is -2.43. The second-order valence-electron chi connectivity index (χ2n) is 8.92. The molecule has 1 aliphatic carbocycles. The van der Waals surface area contributed by atoms with Crippen LogP contribution in [0.4, 0.5) is 21.9 Å². The van der Waals surface area contributed by atoms with Crippen LogP contribution in [0.1, 0.15) is 19.8 Å². The number of hydrogen-bond acceptors (Lipinski definition) is 8. The third kappa shape index (κ3) is 5.40. The van der Waals surface area contributed by atoms with Gasteiger partial charge in [0, 0.05) is 29.0 Å². The molecule has 0 radical (unpaired) electrons. The molecule has 188 valence electrons. The second-order valence-corrected chi connectivity index (χ2v) is 9.33. The molecule has 1 aliphatic heterocycles. The largest absolute Gasteiger partial charge is 0.493 e. The van der Waals surface area contributed by atoms with E-state index in [2.05, 4.69) is 26.4 Å². The minimum absolute atomic E-state index is 0.240. The van der Waals surface area contributed by atoms with Gasteiger partial charge in [-0.2, -0.15) is 0 Å². The molecule has 0 saturated heterocycles. The monoisotopic (exact) mass is 510 g/mol. The highest BCUT2D eigenvalue weighted by Gasteiger charge is 2.39. The zero-order chi connectivity index (χ0) is 25.3. The molecule has 5 rings (SSSR count). The van der Waals surface area contributed by atoms with Gasteiger partial charge in [-0.1, -0.05) is 11.6 Å². The van der Waals surface area contributed by atoms with E-state index in [1.807, 2.05) is 24.3 Å². The van der Waals surface area contributed by atoms with Gasteiger partial charge in [0.2, 0.25) is 0 Å². The van der Waals surface area contributed by atoms with Crippen LogP contribution in [0.3, 0.4) is 0 Å². The number of pyridine rings is 1. The van der Waals surface area contributed by atoms with E-state index in [9.17, 15) is 4.79 Å². The van der Waals surface area contributed by atoms with Crippen LogP contribution in [0.25, 0.3) is 10.9 Å². The predicted octanol–water partition coefficient (Wildman–Crippen LogP) is 4.40. The van der Waals surface area contributed by atoms with Crippen molar-refractivity contribution in [3.63, 3.8) is 0 Å². The topological polar surface area (TPSA) is 132 Å². The Bertz CT molecular complexity index is 1340. The number of ether oxygens (including phenoxy) is 2. The molecule has 0 spiro atoms. The number of rotatable bonds is 8. The van der Waals surface area contributed by atoms with E-state index >= 15 is 0 Å². The van der Waals surface area contributed by atoms with Gasteiger partial charge in [0.05, 0.1) is 28.9 Å². The van der Waals surface area contributed by atoms with Crippen LogP contribution in [-0.4, -0.2) is 36.4 Å². The highest BCUT2D eigenvalue weighted by atomic mass is 35.5. The van der Waals surface area contributed by atoms with E-state index < -0.39 is 12.2 Å². The van der Waals surface area contributed by atoms with Crippen molar-refractivity contribution in [2.75, 3.05) is 24.4 Å². The zero-order valence-electron chi connectivity index (χ0n) is 19.9. The summed E-state index contributed by atoms with van der Waals surface area (Å²) in [6.45, 7) is 2.22. The lowest BCUT2D eigenvalue weighted by Gasteiger charge is -2.16. The SMILES string of the molecule is COc1cc2c(Nc3ccc(NC(=O)NC4C=C(C)ON4)c(Cl)c3)ccnc2cc1OCC1(N)CC1. The maximum absolute atomic E-state index is 12.3. The molecule has 6 N–H and O–H groups in total.